The second-order valence-electron chi connectivity index (χ2n) is 12.9. The summed E-state index contributed by atoms with van der Waals surface area (Å²) in [7, 11) is 0. The first-order chi connectivity index (χ1) is 23.1. The minimum atomic E-state index is -1.00. The van der Waals surface area contributed by atoms with Gasteiger partial charge in [0, 0.05) is 18.2 Å². The van der Waals surface area contributed by atoms with Gasteiger partial charge in [0.15, 0.2) is 0 Å². The molecular formula is C38H54O10. The highest BCUT2D eigenvalue weighted by Crippen LogP contribution is 2.38. The summed E-state index contributed by atoms with van der Waals surface area (Å²) in [6.45, 7) is 8.71. The van der Waals surface area contributed by atoms with E-state index in [4.69, 9.17) is 33.5 Å². The van der Waals surface area contributed by atoms with E-state index in [0.717, 1.165) is 11.7 Å². The minimum absolute atomic E-state index is 0.0127. The van der Waals surface area contributed by atoms with Gasteiger partial charge in [0.25, 0.3) is 0 Å². The lowest BCUT2D eigenvalue weighted by Gasteiger charge is -2.29. The van der Waals surface area contributed by atoms with Crippen LogP contribution in [-0.2, 0) is 19.1 Å². The van der Waals surface area contributed by atoms with Crippen molar-refractivity contribution in [3.8, 4) is 23.0 Å². The third kappa shape index (κ3) is 13.4. The SMILES string of the molecule is C=C(CO)C(=O)OCCOc1cc(OCCOC(=O)C(C)(C)CO)cc(OCCOc2ccc(C3CCC(CCCCC)CC3)cc2)c1. The second kappa shape index (κ2) is 20.6. The first-order valence-corrected chi connectivity index (χ1v) is 17.1. The van der Waals surface area contributed by atoms with E-state index in [1.807, 2.05) is 12.1 Å². The van der Waals surface area contributed by atoms with Crippen LogP contribution in [0.15, 0.2) is 54.6 Å². The highest BCUT2D eigenvalue weighted by Gasteiger charge is 2.28. The number of aliphatic hydroxyl groups is 2. The maximum atomic E-state index is 12.1. The van der Waals surface area contributed by atoms with E-state index in [1.54, 1.807) is 32.0 Å². The van der Waals surface area contributed by atoms with E-state index >= 15 is 0 Å². The summed E-state index contributed by atoms with van der Waals surface area (Å²) in [4.78, 5) is 23.8. The van der Waals surface area contributed by atoms with Crippen molar-refractivity contribution in [1.29, 1.82) is 0 Å². The molecular weight excluding hydrogens is 616 g/mol. The van der Waals surface area contributed by atoms with Crippen LogP contribution < -0.4 is 18.9 Å². The molecule has 3 rings (SSSR count). The Morgan fingerprint density at radius 2 is 1.27 bits per heavy atom. The van der Waals surface area contributed by atoms with Crippen molar-refractivity contribution < 1.29 is 48.2 Å². The largest absolute Gasteiger partial charge is 0.490 e. The lowest BCUT2D eigenvalue weighted by Crippen LogP contribution is -2.31. The number of hydrogen-bond donors (Lipinski definition) is 2. The van der Waals surface area contributed by atoms with Crippen molar-refractivity contribution in [3.63, 3.8) is 0 Å². The summed E-state index contributed by atoms with van der Waals surface area (Å²) in [5.74, 6) is 2.37. The summed E-state index contributed by atoms with van der Waals surface area (Å²) in [6, 6.07) is 13.4. The molecule has 266 valence electrons. The third-order valence-electron chi connectivity index (χ3n) is 8.49. The van der Waals surface area contributed by atoms with Gasteiger partial charge in [0.1, 0.15) is 62.6 Å². The molecule has 48 heavy (non-hydrogen) atoms. The van der Waals surface area contributed by atoms with Crippen molar-refractivity contribution in [2.24, 2.45) is 11.3 Å². The van der Waals surface area contributed by atoms with Crippen LogP contribution >= 0.6 is 0 Å². The van der Waals surface area contributed by atoms with E-state index in [-0.39, 0.29) is 45.2 Å². The van der Waals surface area contributed by atoms with Gasteiger partial charge in [-0.25, -0.2) is 4.79 Å². The molecule has 2 aromatic carbocycles. The van der Waals surface area contributed by atoms with Gasteiger partial charge in [-0.15, -0.1) is 0 Å². The molecule has 0 saturated heterocycles. The van der Waals surface area contributed by atoms with Crippen LogP contribution in [0.4, 0.5) is 0 Å². The normalized spacial score (nSPS) is 16.1. The monoisotopic (exact) mass is 670 g/mol. The Morgan fingerprint density at radius 1 is 0.750 bits per heavy atom. The number of hydrogen-bond acceptors (Lipinski definition) is 10. The number of unbranched alkanes of at least 4 members (excludes halogenated alkanes) is 2. The average molecular weight is 671 g/mol. The zero-order valence-corrected chi connectivity index (χ0v) is 28.9. The molecule has 10 heteroatoms. The fraction of sp³-hybridized carbons (Fsp3) is 0.579. The van der Waals surface area contributed by atoms with Crippen molar-refractivity contribution >= 4 is 11.9 Å². The fourth-order valence-electron chi connectivity index (χ4n) is 5.43. The predicted octanol–water partition coefficient (Wildman–Crippen LogP) is 6.41. The number of carbonyl (C=O) groups is 2. The Hall–Kier alpha value is -3.76. The Bertz CT molecular complexity index is 1260. The molecule has 0 unspecified atom stereocenters. The molecule has 0 amide bonds. The molecule has 2 aromatic rings. The first kappa shape index (κ1) is 38.7. The minimum Gasteiger partial charge on any atom is -0.490 e. The highest BCUT2D eigenvalue weighted by molar-refractivity contribution is 5.87. The Morgan fingerprint density at radius 3 is 1.79 bits per heavy atom. The van der Waals surface area contributed by atoms with Crippen LogP contribution in [0.1, 0.15) is 83.6 Å². The zero-order valence-electron chi connectivity index (χ0n) is 28.9. The predicted molar refractivity (Wildman–Crippen MR) is 183 cm³/mol. The molecule has 0 bridgehead atoms. The summed E-state index contributed by atoms with van der Waals surface area (Å²) in [6.07, 6.45) is 10.5. The number of ether oxygens (including phenoxy) is 6. The van der Waals surface area contributed by atoms with Gasteiger partial charge in [-0.05, 0) is 69.1 Å². The molecule has 1 aliphatic rings. The van der Waals surface area contributed by atoms with Crippen LogP contribution in [0.25, 0.3) is 0 Å². The summed E-state index contributed by atoms with van der Waals surface area (Å²) in [5, 5.41) is 18.4. The molecule has 2 N–H and O–H groups in total. The fourth-order valence-corrected chi connectivity index (χ4v) is 5.43. The second-order valence-corrected chi connectivity index (χ2v) is 12.9. The standard InChI is InChI=1S/C38H54O10/c1-5-6-7-8-29-9-11-30(12-10-29)31-13-15-32(16-14-31)43-17-18-44-33-23-34(45-19-21-47-36(41)28(2)26-39)25-35(24-33)46-20-22-48-37(42)38(3,4)27-40/h13-16,23-25,29-30,39-40H,2,5-12,17-22,26-27H2,1,3-4H3. The van der Waals surface area contributed by atoms with E-state index < -0.39 is 24.0 Å². The van der Waals surface area contributed by atoms with Gasteiger partial charge in [0.05, 0.1) is 24.2 Å². The quantitative estimate of drug-likeness (QED) is 0.0824. The molecule has 0 aliphatic heterocycles. The lowest BCUT2D eigenvalue weighted by atomic mass is 9.77. The molecule has 0 atom stereocenters. The smallest absolute Gasteiger partial charge is 0.335 e. The van der Waals surface area contributed by atoms with Gasteiger partial charge in [-0.3, -0.25) is 4.79 Å². The number of rotatable bonds is 22. The number of aliphatic hydroxyl groups excluding tert-OH is 2. The van der Waals surface area contributed by atoms with Crippen molar-refractivity contribution in [2.45, 2.75) is 78.1 Å². The topological polar surface area (TPSA) is 130 Å². The summed E-state index contributed by atoms with van der Waals surface area (Å²) >= 11 is 0. The van der Waals surface area contributed by atoms with Crippen molar-refractivity contribution in [3.05, 3.63) is 60.2 Å². The van der Waals surface area contributed by atoms with Gasteiger partial charge in [0.2, 0.25) is 0 Å². The van der Waals surface area contributed by atoms with Gasteiger partial charge in [-0.2, -0.15) is 0 Å². The number of esters is 2. The maximum absolute atomic E-state index is 12.1. The van der Waals surface area contributed by atoms with Gasteiger partial charge >= 0.3 is 11.9 Å². The van der Waals surface area contributed by atoms with Crippen LogP contribution in [0.3, 0.4) is 0 Å². The average Bonchev–Trinajstić information content (AvgIpc) is 3.10. The lowest BCUT2D eigenvalue weighted by molar-refractivity contribution is -0.156. The first-order valence-electron chi connectivity index (χ1n) is 17.1. The van der Waals surface area contributed by atoms with Crippen LogP contribution in [0.2, 0.25) is 0 Å². The molecule has 0 heterocycles. The molecule has 1 fully saturated rings. The third-order valence-corrected chi connectivity index (χ3v) is 8.49. The Kier molecular flexibility index (Phi) is 16.6. The highest BCUT2D eigenvalue weighted by atomic mass is 16.6. The summed E-state index contributed by atoms with van der Waals surface area (Å²) in [5.41, 5.74) is 0.339. The summed E-state index contributed by atoms with van der Waals surface area (Å²) < 4.78 is 33.7. The van der Waals surface area contributed by atoms with Crippen LogP contribution in [0, 0.1) is 11.3 Å². The molecule has 0 radical (unpaired) electrons. The van der Waals surface area contributed by atoms with Crippen molar-refractivity contribution in [2.75, 3.05) is 52.9 Å². The molecule has 1 saturated carbocycles. The van der Waals surface area contributed by atoms with Gasteiger partial charge in [-0.1, -0.05) is 51.3 Å². The van der Waals surface area contributed by atoms with Gasteiger partial charge < -0.3 is 38.6 Å². The zero-order chi connectivity index (χ0) is 34.8. The number of benzene rings is 2. The molecule has 1 aliphatic carbocycles. The van der Waals surface area contributed by atoms with E-state index in [0.29, 0.717) is 29.8 Å². The Labute approximate surface area is 285 Å². The van der Waals surface area contributed by atoms with E-state index in [1.165, 1.54) is 56.9 Å². The van der Waals surface area contributed by atoms with E-state index in [2.05, 4.69) is 25.6 Å². The molecule has 0 aromatic heterocycles. The van der Waals surface area contributed by atoms with Crippen LogP contribution in [0.5, 0.6) is 23.0 Å². The maximum Gasteiger partial charge on any atom is 0.335 e. The Balaban J connectivity index is 1.49. The van der Waals surface area contributed by atoms with Crippen molar-refractivity contribution in [1.82, 2.24) is 0 Å². The molecule has 0 spiro atoms. The van der Waals surface area contributed by atoms with Crippen LogP contribution in [-0.4, -0.2) is 75.0 Å². The number of carbonyl (C=O) groups excluding carboxylic acids is 2. The molecule has 10 nitrogen and oxygen atoms in total. The van der Waals surface area contributed by atoms with E-state index in [9.17, 15) is 14.7 Å².